The van der Waals surface area contributed by atoms with E-state index in [9.17, 15) is 15.0 Å². The number of aliphatic carboxylic acids is 1. The zero-order chi connectivity index (χ0) is 21.4. The maximum Gasteiger partial charge on any atom is 0.303 e. The Kier molecular flexibility index (Phi) is 9.16. The first-order valence-corrected chi connectivity index (χ1v) is 11.4. The number of unbranched alkanes of at least 4 members (excludes halogenated alkanes) is 2. The molecule has 0 aromatic rings. The molecule has 0 bridgehead atoms. The first kappa shape index (κ1) is 23.9. The minimum atomic E-state index is -0.891. The van der Waals surface area contributed by atoms with E-state index in [0.29, 0.717) is 18.3 Å². The molecule has 1 fully saturated rings. The van der Waals surface area contributed by atoms with E-state index in [1.807, 2.05) is 6.08 Å². The van der Waals surface area contributed by atoms with Gasteiger partial charge in [-0.05, 0) is 62.7 Å². The molecule has 0 radical (unpaired) electrons. The van der Waals surface area contributed by atoms with Crippen LogP contribution in [0.4, 0.5) is 0 Å². The van der Waals surface area contributed by atoms with Crippen LogP contribution in [0.5, 0.6) is 0 Å². The van der Waals surface area contributed by atoms with E-state index in [-0.39, 0.29) is 24.4 Å². The van der Waals surface area contributed by atoms with Crippen molar-refractivity contribution in [2.75, 3.05) is 0 Å². The highest BCUT2D eigenvalue weighted by atomic mass is 16.4. The molecule has 4 heteroatoms. The van der Waals surface area contributed by atoms with Crippen molar-refractivity contribution in [2.24, 2.45) is 23.7 Å². The number of aliphatic hydroxyl groups excluding tert-OH is 1. The van der Waals surface area contributed by atoms with E-state index < -0.39 is 11.6 Å². The normalized spacial score (nSPS) is 29.4. The molecule has 2 rings (SSSR count). The minimum absolute atomic E-state index is 0.132. The fourth-order valence-corrected chi connectivity index (χ4v) is 5.08. The van der Waals surface area contributed by atoms with Gasteiger partial charge in [0.15, 0.2) is 0 Å². The van der Waals surface area contributed by atoms with Crippen LogP contribution in [0.1, 0.15) is 78.1 Å². The summed E-state index contributed by atoms with van der Waals surface area (Å²) in [5, 5.41) is 30.3. The summed E-state index contributed by atoms with van der Waals surface area (Å²) in [7, 11) is 0. The average molecular weight is 405 g/mol. The molecule has 0 aliphatic heterocycles. The molecule has 29 heavy (non-hydrogen) atoms. The Labute approximate surface area is 176 Å². The third-order valence-electron chi connectivity index (χ3n) is 7.09. The van der Waals surface area contributed by atoms with Gasteiger partial charge < -0.3 is 15.3 Å². The van der Waals surface area contributed by atoms with Gasteiger partial charge in [0.25, 0.3) is 0 Å². The van der Waals surface area contributed by atoms with Crippen LogP contribution >= 0.6 is 0 Å². The van der Waals surface area contributed by atoms with E-state index in [1.54, 1.807) is 6.08 Å². The van der Waals surface area contributed by atoms with Gasteiger partial charge in [-0.25, -0.2) is 0 Å². The van der Waals surface area contributed by atoms with Crippen molar-refractivity contribution in [2.45, 2.75) is 89.8 Å². The van der Waals surface area contributed by atoms with E-state index in [2.05, 4.69) is 32.6 Å². The molecular weight excluding hydrogens is 364 g/mol. The second-order valence-electron chi connectivity index (χ2n) is 9.21. The number of fused-ring (bicyclic) bond motifs is 1. The van der Waals surface area contributed by atoms with Crippen LogP contribution in [0.25, 0.3) is 0 Å². The summed E-state index contributed by atoms with van der Waals surface area (Å²) in [6, 6.07) is 0. The highest BCUT2D eigenvalue weighted by molar-refractivity contribution is 5.66. The lowest BCUT2D eigenvalue weighted by Crippen LogP contribution is -2.33. The number of allylic oxidation sites excluding steroid dienone is 2. The summed E-state index contributed by atoms with van der Waals surface area (Å²) in [4.78, 5) is 10.6. The highest BCUT2D eigenvalue weighted by Crippen LogP contribution is 2.48. The van der Waals surface area contributed by atoms with Crippen LogP contribution in [0.15, 0.2) is 36.5 Å². The molecule has 1 saturated carbocycles. The molecule has 0 aromatic carbocycles. The Balaban J connectivity index is 1.88. The van der Waals surface area contributed by atoms with Gasteiger partial charge in [0, 0.05) is 12.3 Å². The minimum Gasteiger partial charge on any atom is -0.481 e. The molecule has 3 N–H and O–H groups in total. The molecule has 2 aliphatic carbocycles. The highest BCUT2D eigenvalue weighted by Gasteiger charge is 2.43. The largest absolute Gasteiger partial charge is 0.481 e. The zero-order valence-corrected chi connectivity index (χ0v) is 18.2. The Morgan fingerprint density at radius 1 is 1.38 bits per heavy atom. The van der Waals surface area contributed by atoms with E-state index in [4.69, 9.17) is 5.11 Å². The predicted molar refractivity (Wildman–Crippen MR) is 117 cm³/mol. The van der Waals surface area contributed by atoms with Gasteiger partial charge in [0.2, 0.25) is 0 Å². The van der Waals surface area contributed by atoms with Crippen molar-refractivity contribution >= 4 is 5.97 Å². The van der Waals surface area contributed by atoms with Gasteiger partial charge in [0.1, 0.15) is 0 Å². The zero-order valence-electron chi connectivity index (χ0n) is 18.2. The molecule has 164 valence electrons. The lowest BCUT2D eigenvalue weighted by molar-refractivity contribution is -0.137. The number of carbonyl (C=O) groups is 1. The van der Waals surface area contributed by atoms with Gasteiger partial charge in [-0.1, -0.05) is 56.6 Å². The molecule has 0 amide bonds. The van der Waals surface area contributed by atoms with Gasteiger partial charge in [-0.15, -0.1) is 6.58 Å². The van der Waals surface area contributed by atoms with E-state index in [1.165, 1.54) is 5.57 Å². The van der Waals surface area contributed by atoms with Crippen LogP contribution in [-0.4, -0.2) is 33.0 Å². The van der Waals surface area contributed by atoms with Gasteiger partial charge in [-0.3, -0.25) is 4.79 Å². The SMILES string of the molecule is C=CC(O)(C/C=C/[C@H]1[C@H]2CC(CCCCC(=O)O)=C[C@H]2C[C@H]1O)C(C)CCCC. The van der Waals surface area contributed by atoms with Crippen LogP contribution in [0, 0.1) is 23.7 Å². The van der Waals surface area contributed by atoms with Crippen molar-refractivity contribution in [3.63, 3.8) is 0 Å². The summed E-state index contributed by atoms with van der Waals surface area (Å²) >= 11 is 0. The van der Waals surface area contributed by atoms with E-state index >= 15 is 0 Å². The Bertz CT molecular complexity index is 608. The van der Waals surface area contributed by atoms with Crippen molar-refractivity contribution in [3.05, 3.63) is 36.5 Å². The van der Waals surface area contributed by atoms with Gasteiger partial charge in [-0.2, -0.15) is 0 Å². The first-order chi connectivity index (χ1) is 13.8. The van der Waals surface area contributed by atoms with Gasteiger partial charge >= 0.3 is 5.97 Å². The molecule has 0 saturated heterocycles. The Hall–Kier alpha value is -1.39. The number of carboxylic acids is 1. The molecule has 4 nitrogen and oxygen atoms in total. The summed E-state index contributed by atoms with van der Waals surface area (Å²) in [5.41, 5.74) is 0.532. The Morgan fingerprint density at radius 3 is 2.79 bits per heavy atom. The number of aliphatic hydroxyl groups is 2. The second-order valence-corrected chi connectivity index (χ2v) is 9.21. The second kappa shape index (κ2) is 11.1. The summed E-state index contributed by atoms with van der Waals surface area (Å²) in [5.74, 6) is 0.434. The first-order valence-electron chi connectivity index (χ1n) is 11.4. The molecule has 0 heterocycles. The fourth-order valence-electron chi connectivity index (χ4n) is 5.08. The molecule has 0 spiro atoms. The number of carboxylic acid groups (broad SMARTS) is 1. The monoisotopic (exact) mass is 404 g/mol. The maximum absolute atomic E-state index is 11.0. The lowest BCUT2D eigenvalue weighted by atomic mass is 9.81. The average Bonchev–Trinajstić information content (AvgIpc) is 3.20. The number of hydrogen-bond acceptors (Lipinski definition) is 3. The maximum atomic E-state index is 11.0. The van der Waals surface area contributed by atoms with Crippen molar-refractivity contribution in [3.8, 4) is 0 Å². The quantitative estimate of drug-likeness (QED) is 0.289. The summed E-state index contributed by atoms with van der Waals surface area (Å²) in [6.07, 6.45) is 16.3. The summed E-state index contributed by atoms with van der Waals surface area (Å²) in [6.45, 7) is 8.11. The van der Waals surface area contributed by atoms with E-state index in [0.717, 1.165) is 51.4 Å². The smallest absolute Gasteiger partial charge is 0.303 e. The Morgan fingerprint density at radius 2 is 2.14 bits per heavy atom. The number of hydrogen-bond donors (Lipinski definition) is 3. The van der Waals surface area contributed by atoms with Crippen LogP contribution in [-0.2, 0) is 4.79 Å². The van der Waals surface area contributed by atoms with Crippen LogP contribution in [0.2, 0.25) is 0 Å². The summed E-state index contributed by atoms with van der Waals surface area (Å²) < 4.78 is 0. The standard InChI is InChI=1S/C25H40O4/c1-4-6-10-18(3)25(29,5-2)14-9-12-21-22-16-19(11-7-8-13-24(27)28)15-20(22)17-23(21)26/h5,9,12,15,18,20-23,26,29H,2,4,6-8,10-11,13-14,16-17H2,1,3H3,(H,27,28)/b12-9+/t18?,20-,21-,22-,23+,25?/m0/s1. The third kappa shape index (κ3) is 6.55. The molecular formula is C25H40O4. The van der Waals surface area contributed by atoms with Crippen LogP contribution < -0.4 is 0 Å². The fraction of sp³-hybridized carbons (Fsp3) is 0.720. The molecule has 2 unspecified atom stereocenters. The van der Waals surface area contributed by atoms with Crippen molar-refractivity contribution < 1.29 is 20.1 Å². The molecule has 0 aromatic heterocycles. The molecule has 2 aliphatic rings. The number of rotatable bonds is 13. The predicted octanol–water partition coefficient (Wildman–Crippen LogP) is 5.26. The molecule has 6 atom stereocenters. The lowest BCUT2D eigenvalue weighted by Gasteiger charge is -2.30. The topological polar surface area (TPSA) is 77.8 Å². The third-order valence-corrected chi connectivity index (χ3v) is 7.09. The van der Waals surface area contributed by atoms with Crippen molar-refractivity contribution in [1.29, 1.82) is 0 Å². The van der Waals surface area contributed by atoms with Crippen LogP contribution in [0.3, 0.4) is 0 Å². The van der Waals surface area contributed by atoms with Crippen molar-refractivity contribution in [1.82, 2.24) is 0 Å². The van der Waals surface area contributed by atoms with Gasteiger partial charge in [0.05, 0.1) is 11.7 Å².